The van der Waals surface area contributed by atoms with Crippen LogP contribution in [0.1, 0.15) is 17.2 Å². The van der Waals surface area contributed by atoms with Crippen molar-refractivity contribution in [2.24, 2.45) is 0 Å². The summed E-state index contributed by atoms with van der Waals surface area (Å²) in [5, 5.41) is 13.6. The molecule has 4 aromatic rings. The minimum Gasteiger partial charge on any atom is -0.497 e. The molecule has 9 heteroatoms. The molecule has 0 aliphatic heterocycles. The average Bonchev–Trinajstić information content (AvgIpc) is 3.13. The maximum atomic E-state index is 14.4. The van der Waals surface area contributed by atoms with Crippen LogP contribution >= 0.6 is 22.6 Å². The fourth-order valence-electron chi connectivity index (χ4n) is 3.86. The summed E-state index contributed by atoms with van der Waals surface area (Å²) in [6.07, 6.45) is 0.104. The summed E-state index contributed by atoms with van der Waals surface area (Å²) in [6.45, 7) is 1.92. The van der Waals surface area contributed by atoms with E-state index in [9.17, 15) is 19.1 Å². The molecular formula is C26H23FIN3O4. The molecule has 0 spiro atoms. The monoisotopic (exact) mass is 587 g/mol. The van der Waals surface area contributed by atoms with E-state index in [4.69, 9.17) is 4.74 Å². The summed E-state index contributed by atoms with van der Waals surface area (Å²) in [4.78, 5) is 29.0. The van der Waals surface area contributed by atoms with Gasteiger partial charge in [0, 0.05) is 15.6 Å². The summed E-state index contributed by atoms with van der Waals surface area (Å²) in [5.74, 6) is -1.00. The summed E-state index contributed by atoms with van der Waals surface area (Å²) < 4.78 is 21.3. The molecule has 1 aromatic heterocycles. The molecule has 0 radical (unpaired) electrons. The van der Waals surface area contributed by atoms with Gasteiger partial charge >= 0.3 is 5.69 Å². The number of ether oxygens (including phenoxy) is 1. The first-order valence-corrected chi connectivity index (χ1v) is 11.8. The maximum absolute atomic E-state index is 14.4. The number of rotatable bonds is 7. The van der Waals surface area contributed by atoms with E-state index in [1.165, 1.54) is 19.2 Å². The van der Waals surface area contributed by atoms with Gasteiger partial charge in [0.1, 0.15) is 23.3 Å². The van der Waals surface area contributed by atoms with Gasteiger partial charge in [-0.05, 0) is 77.5 Å². The Hall–Kier alpha value is -3.60. The molecule has 1 amide bonds. The molecule has 0 bridgehead atoms. The van der Waals surface area contributed by atoms with Crippen LogP contribution < -0.4 is 15.7 Å². The van der Waals surface area contributed by atoms with Gasteiger partial charge in [0.2, 0.25) is 11.8 Å². The molecule has 1 atom stereocenters. The molecule has 0 aliphatic carbocycles. The highest BCUT2D eigenvalue weighted by Crippen LogP contribution is 2.31. The maximum Gasteiger partial charge on any atom is 0.329 e. The summed E-state index contributed by atoms with van der Waals surface area (Å²) in [7, 11) is 1.54. The van der Waals surface area contributed by atoms with Gasteiger partial charge in [-0.2, -0.15) is 0 Å². The fraction of sp³-hybridized carbons (Fsp3) is 0.154. The molecule has 0 saturated heterocycles. The summed E-state index contributed by atoms with van der Waals surface area (Å²) in [5.41, 5.74) is 1.80. The number of aromatic amines is 1. The molecule has 0 fully saturated rings. The highest BCUT2D eigenvalue weighted by molar-refractivity contribution is 14.1. The second kappa shape index (κ2) is 10.3. The van der Waals surface area contributed by atoms with Crippen molar-refractivity contribution in [1.29, 1.82) is 0 Å². The molecule has 0 aliphatic rings. The lowest BCUT2D eigenvalue weighted by molar-refractivity contribution is -0.119. The molecule has 3 N–H and O–H groups in total. The van der Waals surface area contributed by atoms with Crippen LogP contribution in [0.15, 0.2) is 71.5 Å². The zero-order valence-electron chi connectivity index (χ0n) is 19.0. The van der Waals surface area contributed by atoms with E-state index in [1.807, 2.05) is 53.8 Å². The second-order valence-electron chi connectivity index (χ2n) is 8.05. The van der Waals surface area contributed by atoms with Crippen molar-refractivity contribution >= 4 is 34.2 Å². The number of imidazole rings is 1. The Morgan fingerprint density at radius 1 is 1.17 bits per heavy atom. The second-order valence-corrected chi connectivity index (χ2v) is 9.30. The van der Waals surface area contributed by atoms with Crippen LogP contribution in [0.5, 0.6) is 11.6 Å². The number of H-pyrrole nitrogens is 1. The Kier molecular flexibility index (Phi) is 7.25. The quantitative estimate of drug-likeness (QED) is 0.265. The Labute approximate surface area is 214 Å². The first kappa shape index (κ1) is 24.5. The molecule has 1 heterocycles. The SMILES string of the molecule is COc1ccc(-c2[nH]c(=O)n([C@@H](Cc3cccc(C)c3)C(=O)Nc3ccc(I)cc3F)c2O)cc1. The van der Waals surface area contributed by atoms with Gasteiger partial charge in [-0.25, -0.2) is 13.8 Å². The van der Waals surface area contributed by atoms with E-state index in [0.717, 1.165) is 15.7 Å². The zero-order chi connectivity index (χ0) is 25.1. The molecule has 0 saturated carbocycles. The molecule has 3 aromatic carbocycles. The van der Waals surface area contributed by atoms with Gasteiger partial charge in [0.15, 0.2) is 0 Å². The number of anilines is 1. The number of aryl methyl sites for hydroxylation is 1. The van der Waals surface area contributed by atoms with E-state index in [-0.39, 0.29) is 17.8 Å². The number of hydrogen-bond donors (Lipinski definition) is 3. The number of nitrogens with one attached hydrogen (secondary N) is 2. The van der Waals surface area contributed by atoms with Crippen molar-refractivity contribution in [2.45, 2.75) is 19.4 Å². The Balaban J connectivity index is 1.76. The van der Waals surface area contributed by atoms with E-state index < -0.39 is 29.3 Å². The van der Waals surface area contributed by atoms with Crippen LogP contribution in [-0.2, 0) is 11.2 Å². The minimum absolute atomic E-state index is 0.0110. The van der Waals surface area contributed by atoms with Gasteiger partial charge in [-0.3, -0.25) is 4.79 Å². The van der Waals surface area contributed by atoms with E-state index >= 15 is 0 Å². The number of nitrogens with zero attached hydrogens (tertiary/aromatic N) is 1. The predicted molar refractivity (Wildman–Crippen MR) is 140 cm³/mol. The lowest BCUT2D eigenvalue weighted by atomic mass is 10.0. The van der Waals surface area contributed by atoms with Crippen molar-refractivity contribution in [3.05, 3.63) is 97.7 Å². The largest absolute Gasteiger partial charge is 0.497 e. The third kappa shape index (κ3) is 5.40. The predicted octanol–water partition coefficient (Wildman–Crippen LogP) is 5.03. The molecular weight excluding hydrogens is 564 g/mol. The Morgan fingerprint density at radius 3 is 2.57 bits per heavy atom. The topological polar surface area (TPSA) is 96.4 Å². The highest BCUT2D eigenvalue weighted by Gasteiger charge is 2.29. The van der Waals surface area contributed by atoms with Crippen molar-refractivity contribution in [2.75, 3.05) is 12.4 Å². The van der Waals surface area contributed by atoms with Gasteiger partial charge in [-0.1, -0.05) is 29.8 Å². The molecule has 180 valence electrons. The van der Waals surface area contributed by atoms with E-state index in [1.54, 1.807) is 30.3 Å². The lowest BCUT2D eigenvalue weighted by Gasteiger charge is -2.19. The smallest absolute Gasteiger partial charge is 0.329 e. The number of hydrogen-bond acceptors (Lipinski definition) is 4. The number of halogens is 2. The summed E-state index contributed by atoms with van der Waals surface area (Å²) in [6, 6.07) is 17.5. The molecule has 0 unspecified atom stereocenters. The van der Waals surface area contributed by atoms with Crippen LogP contribution in [0.25, 0.3) is 11.3 Å². The Morgan fingerprint density at radius 2 is 1.91 bits per heavy atom. The average molecular weight is 587 g/mol. The number of benzene rings is 3. The van der Waals surface area contributed by atoms with E-state index in [2.05, 4.69) is 10.3 Å². The molecule has 7 nitrogen and oxygen atoms in total. The first-order valence-electron chi connectivity index (χ1n) is 10.8. The van der Waals surface area contributed by atoms with Crippen LogP contribution in [0.3, 0.4) is 0 Å². The van der Waals surface area contributed by atoms with Crippen molar-refractivity contribution in [3.63, 3.8) is 0 Å². The number of carbonyl (C=O) groups excluding carboxylic acids is 1. The van der Waals surface area contributed by atoms with Gasteiger partial charge in [0.05, 0.1) is 12.8 Å². The van der Waals surface area contributed by atoms with Crippen molar-refractivity contribution in [3.8, 4) is 22.9 Å². The standard InChI is InChI=1S/C26H23FIN3O4/c1-15-4-3-5-16(12-15)13-22(24(32)29-21-11-8-18(28)14-20(21)27)31-25(33)23(30-26(31)34)17-6-9-19(35-2)10-7-17/h3-12,14,22,33H,13H2,1-2H3,(H,29,32)(H,30,34)/t22-/m0/s1. The zero-order valence-corrected chi connectivity index (χ0v) is 21.2. The van der Waals surface area contributed by atoms with Gasteiger partial charge in [0.25, 0.3) is 0 Å². The van der Waals surface area contributed by atoms with Crippen LogP contribution in [0.4, 0.5) is 10.1 Å². The molecule has 4 rings (SSSR count). The minimum atomic E-state index is -1.15. The number of methoxy groups -OCH3 is 1. The van der Waals surface area contributed by atoms with Gasteiger partial charge in [-0.15, -0.1) is 0 Å². The third-order valence-electron chi connectivity index (χ3n) is 5.60. The van der Waals surface area contributed by atoms with Gasteiger partial charge < -0.3 is 20.1 Å². The van der Waals surface area contributed by atoms with Crippen molar-refractivity contribution in [1.82, 2.24) is 9.55 Å². The third-order valence-corrected chi connectivity index (χ3v) is 6.27. The lowest BCUT2D eigenvalue weighted by Crippen LogP contribution is -2.33. The fourth-order valence-corrected chi connectivity index (χ4v) is 4.31. The van der Waals surface area contributed by atoms with Crippen molar-refractivity contribution < 1.29 is 19.0 Å². The number of aromatic nitrogens is 2. The van der Waals surface area contributed by atoms with E-state index in [0.29, 0.717) is 14.9 Å². The highest BCUT2D eigenvalue weighted by atomic mass is 127. The first-order chi connectivity index (χ1) is 16.8. The van der Waals surface area contributed by atoms with Crippen LogP contribution in [0, 0.1) is 16.3 Å². The Bertz CT molecular complexity index is 1430. The van der Waals surface area contributed by atoms with Crippen LogP contribution in [0.2, 0.25) is 0 Å². The number of carbonyl (C=O) groups is 1. The number of amides is 1. The summed E-state index contributed by atoms with van der Waals surface area (Å²) >= 11 is 1.97. The van der Waals surface area contributed by atoms with Crippen LogP contribution in [-0.4, -0.2) is 27.7 Å². The number of aromatic hydroxyl groups is 1. The molecule has 35 heavy (non-hydrogen) atoms. The normalized spacial score (nSPS) is 11.8.